The van der Waals surface area contributed by atoms with Crippen LogP contribution in [-0.2, 0) is 17.5 Å². The maximum Gasteiger partial charge on any atom is 0.419 e. The number of aryl methyl sites for hydroxylation is 1. The Bertz CT molecular complexity index is 1240. The van der Waals surface area contributed by atoms with Gasteiger partial charge in [-0.25, -0.2) is 14.4 Å². The van der Waals surface area contributed by atoms with Gasteiger partial charge in [-0.15, -0.1) is 0 Å². The van der Waals surface area contributed by atoms with Gasteiger partial charge in [-0.3, -0.25) is 0 Å². The molecule has 11 heteroatoms. The summed E-state index contributed by atoms with van der Waals surface area (Å²) < 4.78 is 70.9. The lowest BCUT2D eigenvalue weighted by Gasteiger charge is -2.47. The number of halogens is 4. The molecule has 4 rings (SSSR count). The zero-order chi connectivity index (χ0) is 26.1. The lowest BCUT2D eigenvalue weighted by molar-refractivity contribution is -0.140. The van der Waals surface area contributed by atoms with Gasteiger partial charge in [-0.2, -0.15) is 13.2 Å². The fraction of sp³-hybridized carbons (Fsp3) is 0.440. The van der Waals surface area contributed by atoms with Crippen LogP contribution in [0.2, 0.25) is 0 Å². The molecule has 0 spiro atoms. The first-order valence-corrected chi connectivity index (χ1v) is 11.3. The molecule has 1 aliphatic rings. The maximum absolute atomic E-state index is 14.5. The summed E-state index contributed by atoms with van der Waals surface area (Å²) in [6, 6.07) is 6.63. The first-order chi connectivity index (χ1) is 17.0. The first-order valence-electron chi connectivity index (χ1n) is 11.3. The molecule has 0 amide bonds. The van der Waals surface area contributed by atoms with Gasteiger partial charge in [-0.05, 0) is 26.1 Å². The average Bonchev–Trinajstić information content (AvgIpc) is 2.79. The van der Waals surface area contributed by atoms with E-state index in [9.17, 15) is 17.6 Å². The Hall–Kier alpha value is -3.18. The van der Waals surface area contributed by atoms with E-state index in [1.165, 1.54) is 19.2 Å². The van der Waals surface area contributed by atoms with Gasteiger partial charge in [0.15, 0.2) is 11.5 Å². The monoisotopic (exact) mass is 508 g/mol. The van der Waals surface area contributed by atoms with Crippen molar-refractivity contribution >= 4 is 16.7 Å². The highest BCUT2D eigenvalue weighted by atomic mass is 19.4. The van der Waals surface area contributed by atoms with Gasteiger partial charge in [0.2, 0.25) is 0 Å². The minimum Gasteiger partial charge on any atom is -0.493 e. The molecule has 0 aliphatic carbocycles. The van der Waals surface area contributed by atoms with E-state index >= 15 is 0 Å². The molecule has 0 unspecified atom stereocenters. The molecule has 0 bridgehead atoms. The second kappa shape index (κ2) is 10.1. The van der Waals surface area contributed by atoms with Gasteiger partial charge in [0, 0.05) is 43.8 Å². The summed E-state index contributed by atoms with van der Waals surface area (Å²) >= 11 is 0. The van der Waals surface area contributed by atoms with E-state index in [2.05, 4.69) is 20.2 Å². The maximum atomic E-state index is 14.5. The summed E-state index contributed by atoms with van der Waals surface area (Å²) in [5.41, 5.74) is -1.03. The highest BCUT2D eigenvalue weighted by Gasteiger charge is 2.42. The summed E-state index contributed by atoms with van der Waals surface area (Å²) in [6.07, 6.45) is -4.78. The fourth-order valence-electron chi connectivity index (χ4n) is 4.63. The highest BCUT2D eigenvalue weighted by Crippen LogP contribution is 2.37. The number of nitrogens with zero attached hydrogens (tertiary/aromatic N) is 3. The van der Waals surface area contributed by atoms with Gasteiger partial charge in [0.1, 0.15) is 17.5 Å². The van der Waals surface area contributed by atoms with E-state index < -0.39 is 17.6 Å². The third-order valence-electron chi connectivity index (χ3n) is 6.12. The van der Waals surface area contributed by atoms with Crippen LogP contribution in [-0.4, -0.2) is 62.4 Å². The van der Waals surface area contributed by atoms with Gasteiger partial charge in [-0.1, -0.05) is 12.1 Å². The topological polar surface area (TPSA) is 68.7 Å². The van der Waals surface area contributed by atoms with Crippen molar-refractivity contribution in [1.29, 1.82) is 0 Å². The lowest BCUT2D eigenvalue weighted by atomic mass is 9.82. The zero-order valence-electron chi connectivity index (χ0n) is 20.5. The molecule has 1 aromatic heterocycles. The molecule has 1 aliphatic heterocycles. The predicted molar refractivity (Wildman–Crippen MR) is 127 cm³/mol. The smallest absolute Gasteiger partial charge is 0.419 e. The molecule has 3 aromatic rings. The second-order valence-corrected chi connectivity index (χ2v) is 9.16. The van der Waals surface area contributed by atoms with Crippen LogP contribution in [0.5, 0.6) is 11.5 Å². The third kappa shape index (κ3) is 5.31. The van der Waals surface area contributed by atoms with Crippen molar-refractivity contribution in [2.75, 3.05) is 52.9 Å². The van der Waals surface area contributed by atoms with Gasteiger partial charge >= 0.3 is 6.18 Å². The van der Waals surface area contributed by atoms with Crippen LogP contribution in [0.4, 0.5) is 23.4 Å². The number of rotatable bonds is 9. The van der Waals surface area contributed by atoms with Crippen molar-refractivity contribution < 1.29 is 31.8 Å². The third-order valence-corrected chi connectivity index (χ3v) is 6.12. The van der Waals surface area contributed by atoms with Gasteiger partial charge < -0.3 is 24.4 Å². The predicted octanol–water partition coefficient (Wildman–Crippen LogP) is 4.67. The Balaban J connectivity index is 1.63. The van der Waals surface area contributed by atoms with Crippen molar-refractivity contribution in [3.05, 3.63) is 53.1 Å². The molecule has 0 atom stereocenters. The number of hydrogen-bond donors (Lipinski definition) is 1. The fourth-order valence-corrected chi connectivity index (χ4v) is 4.63. The molecule has 2 aromatic carbocycles. The number of ether oxygens (including phenoxy) is 3. The number of alkyl halides is 3. The Kier molecular flexibility index (Phi) is 7.24. The normalized spacial score (nSPS) is 15.6. The summed E-state index contributed by atoms with van der Waals surface area (Å²) in [4.78, 5) is 11.0. The molecule has 0 saturated carbocycles. The van der Waals surface area contributed by atoms with Crippen molar-refractivity contribution in [2.45, 2.75) is 19.6 Å². The van der Waals surface area contributed by atoms with Crippen LogP contribution < -0.4 is 14.8 Å². The van der Waals surface area contributed by atoms with Crippen LogP contribution in [0, 0.1) is 18.2 Å². The number of aromatic nitrogens is 2. The van der Waals surface area contributed by atoms with Crippen LogP contribution in [0.3, 0.4) is 0 Å². The minimum atomic E-state index is -4.78. The number of likely N-dealkylation sites (tertiary alicyclic amines) is 1. The van der Waals surface area contributed by atoms with Crippen molar-refractivity contribution in [3.63, 3.8) is 0 Å². The van der Waals surface area contributed by atoms with Crippen LogP contribution >= 0.6 is 0 Å². The lowest BCUT2D eigenvalue weighted by Crippen LogP contribution is -2.59. The number of nitrogens with one attached hydrogen (secondary N) is 1. The second-order valence-electron chi connectivity index (χ2n) is 9.16. The Morgan fingerprint density at radius 3 is 2.47 bits per heavy atom. The highest BCUT2D eigenvalue weighted by molar-refractivity contribution is 5.91. The van der Waals surface area contributed by atoms with Crippen molar-refractivity contribution in [3.8, 4) is 11.5 Å². The first kappa shape index (κ1) is 25.9. The molecule has 1 N–H and O–H groups in total. The van der Waals surface area contributed by atoms with E-state index in [-0.39, 0.29) is 17.5 Å². The standard InChI is InChI=1S/C25H28F4N4O3/c1-15-31-19-9-20(35-4)21(36-14-24(13-34-3)11-33(2)12-24)8-17(19)23(32-15)30-10-16-6-5-7-18(22(16)26)25(27,28)29/h5-9H,10-14H2,1-4H3,(H,30,31,32). The molecule has 7 nitrogen and oxygen atoms in total. The molecular weight excluding hydrogens is 480 g/mol. The number of fused-ring (bicyclic) bond motifs is 1. The molecular formula is C25H28F4N4O3. The Morgan fingerprint density at radius 2 is 1.83 bits per heavy atom. The van der Waals surface area contributed by atoms with E-state index in [4.69, 9.17) is 14.2 Å². The molecule has 1 saturated heterocycles. The average molecular weight is 509 g/mol. The zero-order valence-corrected chi connectivity index (χ0v) is 20.5. The van der Waals surface area contributed by atoms with E-state index in [0.29, 0.717) is 47.3 Å². The van der Waals surface area contributed by atoms with Crippen LogP contribution in [0.15, 0.2) is 30.3 Å². The minimum absolute atomic E-state index is 0.130. The van der Waals surface area contributed by atoms with Crippen LogP contribution in [0.1, 0.15) is 17.0 Å². The quantitative estimate of drug-likeness (QED) is 0.421. The molecule has 36 heavy (non-hydrogen) atoms. The molecule has 2 heterocycles. The number of benzene rings is 2. The summed E-state index contributed by atoms with van der Waals surface area (Å²) in [5, 5.41) is 3.53. The molecule has 1 fully saturated rings. The number of methoxy groups -OCH3 is 2. The van der Waals surface area contributed by atoms with Gasteiger partial charge in [0.05, 0.1) is 36.8 Å². The van der Waals surface area contributed by atoms with Crippen LogP contribution in [0.25, 0.3) is 10.9 Å². The van der Waals surface area contributed by atoms with E-state index in [1.807, 2.05) is 7.05 Å². The SMILES string of the molecule is COCC1(COc2cc3c(NCc4cccc(C(F)(F)F)c4F)nc(C)nc3cc2OC)CN(C)C1. The molecule has 194 valence electrons. The summed E-state index contributed by atoms with van der Waals surface area (Å²) in [6.45, 7) is 4.09. The molecule has 0 radical (unpaired) electrons. The van der Waals surface area contributed by atoms with E-state index in [1.54, 1.807) is 26.2 Å². The summed E-state index contributed by atoms with van der Waals surface area (Å²) in [7, 11) is 5.20. The van der Waals surface area contributed by atoms with E-state index in [0.717, 1.165) is 19.2 Å². The van der Waals surface area contributed by atoms with Gasteiger partial charge in [0.25, 0.3) is 0 Å². The number of hydrogen-bond acceptors (Lipinski definition) is 7. The Labute approximate surface area is 206 Å². The Morgan fingerprint density at radius 1 is 1.08 bits per heavy atom. The summed E-state index contributed by atoms with van der Waals surface area (Å²) in [5.74, 6) is 0.414. The number of anilines is 1. The largest absolute Gasteiger partial charge is 0.493 e. The van der Waals surface area contributed by atoms with Crippen molar-refractivity contribution in [2.24, 2.45) is 5.41 Å². The van der Waals surface area contributed by atoms with Crippen molar-refractivity contribution in [1.82, 2.24) is 14.9 Å².